The number of nitrogens with one attached hydrogen (secondary N) is 1. The van der Waals surface area contributed by atoms with Crippen molar-refractivity contribution in [2.24, 2.45) is 5.73 Å². The zero-order valence-electron chi connectivity index (χ0n) is 10.0. The summed E-state index contributed by atoms with van der Waals surface area (Å²) in [6.45, 7) is 3.82. The molecule has 0 saturated carbocycles. The lowest BCUT2D eigenvalue weighted by Gasteiger charge is -1.98. The Bertz CT molecular complexity index is 548. The van der Waals surface area contributed by atoms with Crippen molar-refractivity contribution in [1.29, 1.82) is 0 Å². The van der Waals surface area contributed by atoms with Crippen LogP contribution in [0.15, 0.2) is 5.38 Å². The van der Waals surface area contributed by atoms with Crippen LogP contribution in [0.3, 0.4) is 0 Å². The van der Waals surface area contributed by atoms with Crippen molar-refractivity contribution >= 4 is 33.7 Å². The van der Waals surface area contributed by atoms with Gasteiger partial charge in [-0.3, -0.25) is 10.1 Å². The van der Waals surface area contributed by atoms with Crippen LogP contribution in [0, 0.1) is 0 Å². The van der Waals surface area contributed by atoms with Crippen molar-refractivity contribution in [1.82, 2.24) is 15.2 Å². The summed E-state index contributed by atoms with van der Waals surface area (Å²) in [5.74, 6) is -0.281. The number of aromatic nitrogens is 3. The summed E-state index contributed by atoms with van der Waals surface area (Å²) in [4.78, 5) is 16.0. The van der Waals surface area contributed by atoms with Crippen LogP contribution in [-0.2, 0) is 6.42 Å². The van der Waals surface area contributed by atoms with Crippen LogP contribution in [0.25, 0.3) is 0 Å². The molecule has 3 N–H and O–H groups in total. The second-order valence-electron chi connectivity index (χ2n) is 3.67. The molecular formula is C10H13N5OS2. The van der Waals surface area contributed by atoms with E-state index < -0.39 is 0 Å². The Hall–Kier alpha value is -1.38. The standard InChI is InChI=1S/C10H13N5OS2/c1-3-7-14-15-10(18-7)13-8(16)6-4-17-9(12-6)5(2)11/h4-5H,3,11H2,1-2H3,(H,13,15,16). The van der Waals surface area contributed by atoms with Crippen LogP contribution in [-0.4, -0.2) is 21.1 Å². The smallest absolute Gasteiger partial charge is 0.276 e. The molecule has 1 unspecified atom stereocenters. The normalized spacial score (nSPS) is 12.4. The van der Waals surface area contributed by atoms with Crippen molar-refractivity contribution in [3.8, 4) is 0 Å². The highest BCUT2D eigenvalue weighted by Gasteiger charge is 2.14. The maximum atomic E-state index is 11.9. The number of aryl methyl sites for hydroxylation is 1. The van der Waals surface area contributed by atoms with Crippen molar-refractivity contribution < 1.29 is 4.79 Å². The minimum absolute atomic E-state index is 0.162. The number of thiazole rings is 1. The summed E-state index contributed by atoms with van der Waals surface area (Å²) in [6.07, 6.45) is 0.805. The van der Waals surface area contributed by atoms with Gasteiger partial charge in [-0.15, -0.1) is 21.5 Å². The molecule has 0 aliphatic carbocycles. The number of hydrogen-bond donors (Lipinski definition) is 2. The topological polar surface area (TPSA) is 93.8 Å². The Morgan fingerprint density at radius 3 is 2.89 bits per heavy atom. The van der Waals surface area contributed by atoms with Gasteiger partial charge in [0.05, 0.1) is 6.04 Å². The van der Waals surface area contributed by atoms with Gasteiger partial charge in [0.25, 0.3) is 5.91 Å². The predicted octanol–water partition coefficient (Wildman–Crippen LogP) is 1.83. The van der Waals surface area contributed by atoms with Gasteiger partial charge in [-0.25, -0.2) is 4.98 Å². The molecule has 2 rings (SSSR count). The van der Waals surface area contributed by atoms with E-state index >= 15 is 0 Å². The maximum absolute atomic E-state index is 11.9. The molecule has 2 aromatic heterocycles. The highest BCUT2D eigenvalue weighted by Crippen LogP contribution is 2.19. The largest absolute Gasteiger partial charge is 0.322 e. The van der Waals surface area contributed by atoms with Gasteiger partial charge in [-0.2, -0.15) is 0 Å². The third kappa shape index (κ3) is 2.89. The molecule has 2 heterocycles. The summed E-state index contributed by atoms with van der Waals surface area (Å²) in [5.41, 5.74) is 6.06. The second kappa shape index (κ2) is 5.51. The molecule has 0 saturated heterocycles. The van der Waals surface area contributed by atoms with E-state index in [1.54, 1.807) is 5.38 Å². The first-order valence-electron chi connectivity index (χ1n) is 5.45. The zero-order chi connectivity index (χ0) is 13.1. The Kier molecular flexibility index (Phi) is 4.00. The maximum Gasteiger partial charge on any atom is 0.276 e. The van der Waals surface area contributed by atoms with Gasteiger partial charge in [0.2, 0.25) is 5.13 Å². The quantitative estimate of drug-likeness (QED) is 0.892. The van der Waals surface area contributed by atoms with E-state index in [-0.39, 0.29) is 11.9 Å². The molecule has 6 nitrogen and oxygen atoms in total. The fraction of sp³-hybridized carbons (Fsp3) is 0.400. The van der Waals surface area contributed by atoms with Crippen molar-refractivity contribution in [2.45, 2.75) is 26.3 Å². The number of hydrogen-bond acceptors (Lipinski definition) is 7. The minimum atomic E-state index is -0.281. The molecule has 96 valence electrons. The number of carbonyl (C=O) groups excluding carboxylic acids is 1. The molecule has 1 atom stereocenters. The SMILES string of the molecule is CCc1nnc(NC(=O)c2csc(C(C)N)n2)s1. The Morgan fingerprint density at radius 2 is 2.33 bits per heavy atom. The van der Waals surface area contributed by atoms with Crippen LogP contribution >= 0.6 is 22.7 Å². The molecule has 0 aromatic carbocycles. The lowest BCUT2D eigenvalue weighted by atomic mass is 10.4. The molecule has 0 radical (unpaired) electrons. The summed E-state index contributed by atoms with van der Waals surface area (Å²) in [6, 6.07) is -0.162. The van der Waals surface area contributed by atoms with Crippen LogP contribution in [0.2, 0.25) is 0 Å². The zero-order valence-corrected chi connectivity index (χ0v) is 11.6. The van der Waals surface area contributed by atoms with E-state index in [1.165, 1.54) is 22.7 Å². The van der Waals surface area contributed by atoms with Crippen LogP contribution in [0.5, 0.6) is 0 Å². The highest BCUT2D eigenvalue weighted by atomic mass is 32.1. The Balaban J connectivity index is 2.06. The molecule has 0 aliphatic rings. The third-order valence-corrected chi connectivity index (χ3v) is 4.16. The van der Waals surface area contributed by atoms with E-state index in [4.69, 9.17) is 5.73 Å². The molecule has 2 aromatic rings. The number of carbonyl (C=O) groups is 1. The Morgan fingerprint density at radius 1 is 1.56 bits per heavy atom. The van der Waals surface area contributed by atoms with Crippen molar-refractivity contribution in [3.05, 3.63) is 21.1 Å². The van der Waals surface area contributed by atoms with Gasteiger partial charge in [0.1, 0.15) is 15.7 Å². The lowest BCUT2D eigenvalue weighted by Crippen LogP contribution is -2.13. The van der Waals surface area contributed by atoms with Crippen molar-refractivity contribution in [3.63, 3.8) is 0 Å². The first kappa shape index (κ1) is 13.1. The molecule has 0 spiro atoms. The molecule has 1 amide bonds. The fourth-order valence-corrected chi connectivity index (χ4v) is 2.64. The second-order valence-corrected chi connectivity index (χ2v) is 5.62. The highest BCUT2D eigenvalue weighted by molar-refractivity contribution is 7.15. The van der Waals surface area contributed by atoms with E-state index in [0.29, 0.717) is 10.8 Å². The molecule has 18 heavy (non-hydrogen) atoms. The monoisotopic (exact) mass is 283 g/mol. The number of rotatable bonds is 4. The summed E-state index contributed by atoms with van der Waals surface area (Å²) in [5, 5.41) is 14.3. The summed E-state index contributed by atoms with van der Waals surface area (Å²) < 4.78 is 0. The average Bonchev–Trinajstić information content (AvgIpc) is 2.97. The molecule has 0 fully saturated rings. The number of nitrogens with two attached hydrogens (primary N) is 1. The first-order chi connectivity index (χ1) is 8.60. The predicted molar refractivity (Wildman–Crippen MR) is 72.0 cm³/mol. The third-order valence-electron chi connectivity index (χ3n) is 2.13. The van der Waals surface area contributed by atoms with Gasteiger partial charge in [-0.05, 0) is 13.3 Å². The van der Waals surface area contributed by atoms with E-state index in [0.717, 1.165) is 16.4 Å². The minimum Gasteiger partial charge on any atom is -0.322 e. The van der Waals surface area contributed by atoms with Crippen LogP contribution in [0.1, 0.15) is 40.4 Å². The number of anilines is 1. The average molecular weight is 283 g/mol. The summed E-state index contributed by atoms with van der Waals surface area (Å²) >= 11 is 2.74. The van der Waals surface area contributed by atoms with Gasteiger partial charge in [-0.1, -0.05) is 18.3 Å². The van der Waals surface area contributed by atoms with Crippen LogP contribution in [0.4, 0.5) is 5.13 Å². The van der Waals surface area contributed by atoms with E-state index in [1.807, 2.05) is 13.8 Å². The summed E-state index contributed by atoms with van der Waals surface area (Å²) in [7, 11) is 0. The first-order valence-corrected chi connectivity index (χ1v) is 7.14. The molecule has 0 bridgehead atoms. The lowest BCUT2D eigenvalue weighted by molar-refractivity contribution is 0.102. The molecule has 0 aliphatic heterocycles. The van der Waals surface area contributed by atoms with E-state index in [2.05, 4.69) is 20.5 Å². The molecule has 8 heteroatoms. The van der Waals surface area contributed by atoms with Gasteiger partial charge >= 0.3 is 0 Å². The van der Waals surface area contributed by atoms with Gasteiger partial charge < -0.3 is 5.73 Å². The van der Waals surface area contributed by atoms with Gasteiger partial charge in [0.15, 0.2) is 0 Å². The fourth-order valence-electron chi connectivity index (χ4n) is 1.21. The van der Waals surface area contributed by atoms with E-state index in [9.17, 15) is 4.79 Å². The van der Waals surface area contributed by atoms with Crippen molar-refractivity contribution in [2.75, 3.05) is 5.32 Å². The van der Waals surface area contributed by atoms with Gasteiger partial charge in [0, 0.05) is 5.38 Å². The number of amides is 1. The van der Waals surface area contributed by atoms with Crippen LogP contribution < -0.4 is 11.1 Å². The molecular weight excluding hydrogens is 270 g/mol. The Labute approximate surface area is 112 Å². The number of nitrogens with zero attached hydrogens (tertiary/aromatic N) is 3.